The molecule has 0 atom stereocenters. The van der Waals surface area contributed by atoms with E-state index in [-0.39, 0.29) is 0 Å². The van der Waals surface area contributed by atoms with Gasteiger partial charge in [0.15, 0.2) is 0 Å². The summed E-state index contributed by atoms with van der Waals surface area (Å²) in [5.41, 5.74) is 0. The maximum Gasteiger partial charge on any atom is 0.345 e. The highest BCUT2D eigenvalue weighted by molar-refractivity contribution is 9.09. The van der Waals surface area contributed by atoms with Crippen LogP contribution < -0.4 is 0 Å². The molecule has 14 heavy (non-hydrogen) atoms. The standard InChI is InChI=1S/C8H19BrO4Si/c1-10-4-6-12-14(3,8-9)13-7-5-11-2/h4-8H2,1-3H3. The Morgan fingerprint density at radius 2 is 1.36 bits per heavy atom. The number of rotatable bonds is 9. The zero-order valence-electron chi connectivity index (χ0n) is 9.05. The lowest BCUT2D eigenvalue weighted by Crippen LogP contribution is -2.43. The minimum atomic E-state index is -2.04. The lowest BCUT2D eigenvalue weighted by Gasteiger charge is -2.24. The molecule has 0 rings (SSSR count). The van der Waals surface area contributed by atoms with Gasteiger partial charge in [0.05, 0.1) is 26.4 Å². The maximum atomic E-state index is 5.65. The molecule has 0 amide bonds. The fourth-order valence-corrected chi connectivity index (χ4v) is 3.04. The van der Waals surface area contributed by atoms with Crippen molar-refractivity contribution in [1.29, 1.82) is 0 Å². The average molecular weight is 287 g/mol. The molecule has 0 spiro atoms. The zero-order chi connectivity index (χ0) is 10.9. The van der Waals surface area contributed by atoms with Crippen LogP contribution in [0.1, 0.15) is 0 Å². The average Bonchev–Trinajstić information content (AvgIpc) is 2.19. The second-order valence-electron chi connectivity index (χ2n) is 2.95. The van der Waals surface area contributed by atoms with Crippen molar-refractivity contribution in [3.63, 3.8) is 0 Å². The molecule has 0 heterocycles. The van der Waals surface area contributed by atoms with Gasteiger partial charge in [-0.3, -0.25) is 0 Å². The Morgan fingerprint density at radius 3 is 1.64 bits per heavy atom. The molecule has 0 aliphatic heterocycles. The predicted molar refractivity (Wildman–Crippen MR) is 61.1 cm³/mol. The van der Waals surface area contributed by atoms with Gasteiger partial charge in [-0.2, -0.15) is 0 Å². The number of hydrogen-bond acceptors (Lipinski definition) is 4. The SMILES string of the molecule is COCCO[Si](C)(CBr)OCCOC. The lowest BCUT2D eigenvalue weighted by molar-refractivity contribution is 0.0910. The van der Waals surface area contributed by atoms with E-state index in [1.54, 1.807) is 14.2 Å². The predicted octanol–water partition coefficient (Wildman–Crippen LogP) is 1.32. The van der Waals surface area contributed by atoms with Gasteiger partial charge in [0.2, 0.25) is 0 Å². The van der Waals surface area contributed by atoms with Gasteiger partial charge in [0, 0.05) is 19.2 Å². The van der Waals surface area contributed by atoms with Crippen LogP contribution in [0.3, 0.4) is 0 Å². The zero-order valence-corrected chi connectivity index (χ0v) is 11.6. The van der Waals surface area contributed by atoms with Crippen molar-refractivity contribution in [2.75, 3.05) is 45.6 Å². The molecule has 0 N–H and O–H groups in total. The van der Waals surface area contributed by atoms with E-state index in [2.05, 4.69) is 15.9 Å². The highest BCUT2D eigenvalue weighted by Crippen LogP contribution is 2.10. The van der Waals surface area contributed by atoms with Gasteiger partial charge in [0.1, 0.15) is 0 Å². The number of hydrogen-bond donors (Lipinski definition) is 0. The molecule has 4 nitrogen and oxygen atoms in total. The number of ether oxygens (including phenoxy) is 2. The molecule has 0 saturated heterocycles. The van der Waals surface area contributed by atoms with E-state index in [4.69, 9.17) is 18.3 Å². The Kier molecular flexibility index (Phi) is 9.15. The lowest BCUT2D eigenvalue weighted by atomic mass is 10.8. The van der Waals surface area contributed by atoms with Crippen LogP contribution in [0.2, 0.25) is 6.55 Å². The number of halogens is 1. The highest BCUT2D eigenvalue weighted by atomic mass is 79.9. The minimum absolute atomic E-state index is 0.581. The summed E-state index contributed by atoms with van der Waals surface area (Å²) in [5, 5.41) is 0. The molecule has 0 aromatic rings. The number of alkyl halides is 1. The molecule has 0 aliphatic rings. The Hall–Kier alpha value is 0.537. The molecule has 0 unspecified atom stereocenters. The van der Waals surface area contributed by atoms with Crippen LogP contribution in [0.4, 0.5) is 0 Å². The summed E-state index contributed by atoms with van der Waals surface area (Å²) in [5.74, 6) is 0. The summed E-state index contributed by atoms with van der Waals surface area (Å²) in [6.45, 7) is 4.38. The fourth-order valence-electron chi connectivity index (χ4n) is 0.801. The molecule has 0 saturated carbocycles. The second-order valence-corrected chi connectivity index (χ2v) is 7.74. The second kappa shape index (κ2) is 8.81. The van der Waals surface area contributed by atoms with Crippen LogP contribution in [0, 0.1) is 0 Å². The molecule has 0 fully saturated rings. The van der Waals surface area contributed by atoms with Crippen molar-refractivity contribution in [2.24, 2.45) is 0 Å². The first-order valence-corrected chi connectivity index (χ1v) is 8.15. The third-order valence-corrected chi connectivity index (χ3v) is 6.80. The van der Waals surface area contributed by atoms with Crippen LogP contribution in [0.15, 0.2) is 0 Å². The normalized spacial score (nSPS) is 12.0. The monoisotopic (exact) mass is 286 g/mol. The van der Waals surface area contributed by atoms with Crippen molar-refractivity contribution < 1.29 is 18.3 Å². The van der Waals surface area contributed by atoms with Crippen LogP contribution in [0.5, 0.6) is 0 Å². The van der Waals surface area contributed by atoms with Gasteiger partial charge < -0.3 is 18.3 Å². The Labute approximate surface area is 95.2 Å². The molecule has 0 radical (unpaired) electrons. The van der Waals surface area contributed by atoms with E-state index in [9.17, 15) is 0 Å². The smallest absolute Gasteiger partial charge is 0.345 e. The largest absolute Gasteiger partial charge is 0.391 e. The summed E-state index contributed by atoms with van der Waals surface area (Å²) in [7, 11) is 1.27. The fraction of sp³-hybridized carbons (Fsp3) is 1.00. The molecule has 6 heteroatoms. The maximum absolute atomic E-state index is 5.65. The first-order valence-electron chi connectivity index (χ1n) is 4.50. The van der Waals surface area contributed by atoms with E-state index < -0.39 is 8.56 Å². The van der Waals surface area contributed by atoms with E-state index in [0.29, 0.717) is 26.4 Å². The summed E-state index contributed by atoms with van der Waals surface area (Å²) >= 11 is 3.41. The van der Waals surface area contributed by atoms with Gasteiger partial charge in [-0.05, 0) is 6.55 Å². The van der Waals surface area contributed by atoms with Crippen LogP contribution in [-0.4, -0.2) is 54.2 Å². The minimum Gasteiger partial charge on any atom is -0.391 e. The molecule has 0 bridgehead atoms. The topological polar surface area (TPSA) is 36.9 Å². The van der Waals surface area contributed by atoms with Gasteiger partial charge in [-0.25, -0.2) is 0 Å². The van der Waals surface area contributed by atoms with Crippen LogP contribution in [-0.2, 0) is 18.3 Å². The highest BCUT2D eigenvalue weighted by Gasteiger charge is 2.29. The molecule has 0 aromatic heterocycles. The van der Waals surface area contributed by atoms with Crippen molar-refractivity contribution in [2.45, 2.75) is 6.55 Å². The summed E-state index contributed by atoms with van der Waals surface area (Å²) in [4.78, 5) is 0.757. The van der Waals surface area contributed by atoms with E-state index in [1.165, 1.54) is 0 Å². The van der Waals surface area contributed by atoms with Crippen molar-refractivity contribution in [1.82, 2.24) is 0 Å². The third kappa shape index (κ3) is 6.91. The Morgan fingerprint density at radius 1 is 0.929 bits per heavy atom. The van der Waals surface area contributed by atoms with E-state index >= 15 is 0 Å². The van der Waals surface area contributed by atoms with E-state index in [1.807, 2.05) is 6.55 Å². The summed E-state index contributed by atoms with van der Waals surface area (Å²) < 4.78 is 21.1. The van der Waals surface area contributed by atoms with Crippen LogP contribution >= 0.6 is 15.9 Å². The van der Waals surface area contributed by atoms with Gasteiger partial charge >= 0.3 is 8.56 Å². The molecular weight excluding hydrogens is 268 g/mol. The van der Waals surface area contributed by atoms with Crippen molar-refractivity contribution >= 4 is 24.5 Å². The molecule has 86 valence electrons. The summed E-state index contributed by atoms with van der Waals surface area (Å²) in [6.07, 6.45) is 0. The van der Waals surface area contributed by atoms with Crippen LogP contribution in [0.25, 0.3) is 0 Å². The first-order chi connectivity index (χ1) is 6.68. The molecule has 0 aliphatic carbocycles. The van der Waals surface area contributed by atoms with E-state index in [0.717, 1.165) is 4.95 Å². The molecule has 0 aromatic carbocycles. The number of methoxy groups -OCH3 is 2. The first kappa shape index (κ1) is 14.5. The summed E-state index contributed by atoms with van der Waals surface area (Å²) in [6, 6.07) is 0. The Bertz CT molecular complexity index is 127. The molecular formula is C8H19BrO4Si. The van der Waals surface area contributed by atoms with Gasteiger partial charge in [-0.1, -0.05) is 15.9 Å². The third-order valence-electron chi connectivity index (χ3n) is 1.63. The Balaban J connectivity index is 3.67. The quantitative estimate of drug-likeness (QED) is 0.364. The van der Waals surface area contributed by atoms with Gasteiger partial charge in [0.25, 0.3) is 0 Å². The van der Waals surface area contributed by atoms with Crippen molar-refractivity contribution in [3.05, 3.63) is 0 Å². The van der Waals surface area contributed by atoms with Gasteiger partial charge in [-0.15, -0.1) is 0 Å². The van der Waals surface area contributed by atoms with Crippen molar-refractivity contribution in [3.8, 4) is 0 Å².